The number of anilines is 1. The van der Waals surface area contributed by atoms with E-state index >= 15 is 0 Å². The Hall–Kier alpha value is -1.20. The van der Waals surface area contributed by atoms with Gasteiger partial charge in [-0.2, -0.15) is 0 Å². The molecule has 0 aliphatic rings. The molecule has 1 heterocycles. The van der Waals surface area contributed by atoms with Crippen molar-refractivity contribution in [2.24, 2.45) is 11.8 Å². The van der Waals surface area contributed by atoms with E-state index in [9.17, 15) is 0 Å². The lowest BCUT2D eigenvalue weighted by atomic mass is 10.1. The molecule has 102 valence electrons. The Morgan fingerprint density at radius 3 is 2.61 bits per heavy atom. The molecule has 18 heavy (non-hydrogen) atoms. The maximum Gasteiger partial charge on any atom is 0.159 e. The Morgan fingerprint density at radius 1 is 1.39 bits per heavy atom. The zero-order chi connectivity index (χ0) is 13.5. The number of hydrogen-bond donors (Lipinski definition) is 2. The summed E-state index contributed by atoms with van der Waals surface area (Å²) in [6.07, 6.45) is 2.79. The van der Waals surface area contributed by atoms with Crippen LogP contribution >= 0.6 is 0 Å². The minimum absolute atomic E-state index is 0.0609. The molecule has 0 saturated heterocycles. The quantitative estimate of drug-likeness (QED) is 0.576. The van der Waals surface area contributed by atoms with Crippen molar-refractivity contribution in [3.05, 3.63) is 17.6 Å². The molecule has 0 radical (unpaired) electrons. The van der Waals surface area contributed by atoms with E-state index in [1.54, 1.807) is 7.11 Å². The van der Waals surface area contributed by atoms with Crippen molar-refractivity contribution in [1.29, 1.82) is 0 Å². The predicted octanol–water partition coefficient (Wildman–Crippen LogP) is 2.45. The van der Waals surface area contributed by atoms with Crippen LogP contribution in [-0.2, 0) is 11.2 Å². The summed E-state index contributed by atoms with van der Waals surface area (Å²) in [5.41, 5.74) is 3.60. The fraction of sp³-hybridized carbons (Fsp3) is 0.692. The Morgan fingerprint density at radius 2 is 2.11 bits per heavy atom. The Labute approximate surface area is 109 Å². The van der Waals surface area contributed by atoms with Crippen molar-refractivity contribution < 1.29 is 4.74 Å². The van der Waals surface area contributed by atoms with Gasteiger partial charge >= 0.3 is 0 Å². The van der Waals surface area contributed by atoms with Crippen LogP contribution in [0.4, 0.5) is 5.82 Å². The SMILES string of the molecule is CCCC(OC)c1nc(CC(C)C)cc(NN)n1. The molecular weight excluding hydrogens is 228 g/mol. The van der Waals surface area contributed by atoms with Gasteiger partial charge in [-0.1, -0.05) is 27.2 Å². The van der Waals surface area contributed by atoms with Crippen molar-refractivity contribution in [2.45, 2.75) is 46.1 Å². The van der Waals surface area contributed by atoms with Gasteiger partial charge in [0.15, 0.2) is 5.82 Å². The van der Waals surface area contributed by atoms with Gasteiger partial charge in [0.1, 0.15) is 11.9 Å². The third kappa shape index (κ3) is 4.23. The van der Waals surface area contributed by atoms with E-state index < -0.39 is 0 Å². The number of nitrogens with zero attached hydrogens (tertiary/aromatic N) is 2. The normalized spacial score (nSPS) is 12.8. The van der Waals surface area contributed by atoms with Gasteiger partial charge in [-0.05, 0) is 18.8 Å². The van der Waals surface area contributed by atoms with Gasteiger partial charge in [0.2, 0.25) is 0 Å². The lowest BCUT2D eigenvalue weighted by Crippen LogP contribution is -2.15. The molecule has 0 aromatic carbocycles. The summed E-state index contributed by atoms with van der Waals surface area (Å²) in [4.78, 5) is 8.96. The van der Waals surface area contributed by atoms with Crippen LogP contribution in [0.1, 0.15) is 51.2 Å². The number of nitrogens with one attached hydrogen (secondary N) is 1. The smallest absolute Gasteiger partial charge is 0.159 e. The minimum atomic E-state index is -0.0609. The molecule has 5 nitrogen and oxygen atoms in total. The number of ether oxygens (including phenoxy) is 1. The van der Waals surface area contributed by atoms with Crippen molar-refractivity contribution in [1.82, 2.24) is 9.97 Å². The van der Waals surface area contributed by atoms with Gasteiger partial charge < -0.3 is 10.2 Å². The van der Waals surface area contributed by atoms with Crippen LogP contribution in [0, 0.1) is 5.92 Å². The average Bonchev–Trinajstić information content (AvgIpc) is 2.34. The molecule has 0 aliphatic heterocycles. The van der Waals surface area contributed by atoms with E-state index in [4.69, 9.17) is 10.6 Å². The number of methoxy groups -OCH3 is 1. The van der Waals surface area contributed by atoms with Crippen LogP contribution in [0.3, 0.4) is 0 Å². The van der Waals surface area contributed by atoms with Crippen LogP contribution in [0.15, 0.2) is 6.07 Å². The molecule has 1 aromatic rings. The second-order valence-electron chi connectivity index (χ2n) is 4.86. The summed E-state index contributed by atoms with van der Waals surface area (Å²) in [6.45, 7) is 6.44. The first-order valence-corrected chi connectivity index (χ1v) is 6.47. The van der Waals surface area contributed by atoms with Gasteiger partial charge in [0.05, 0.1) is 0 Å². The van der Waals surface area contributed by atoms with Crippen LogP contribution < -0.4 is 11.3 Å². The first-order valence-electron chi connectivity index (χ1n) is 6.47. The highest BCUT2D eigenvalue weighted by molar-refractivity contribution is 5.35. The Bertz CT molecular complexity index is 368. The summed E-state index contributed by atoms with van der Waals surface area (Å²) >= 11 is 0. The number of nitrogens with two attached hydrogens (primary N) is 1. The summed E-state index contributed by atoms with van der Waals surface area (Å²) in [7, 11) is 1.69. The Balaban J connectivity index is 3.01. The molecule has 0 spiro atoms. The lowest BCUT2D eigenvalue weighted by Gasteiger charge is -2.15. The highest BCUT2D eigenvalue weighted by atomic mass is 16.5. The lowest BCUT2D eigenvalue weighted by molar-refractivity contribution is 0.0875. The molecular formula is C13H24N4O. The fourth-order valence-corrected chi connectivity index (χ4v) is 1.87. The van der Waals surface area contributed by atoms with Crippen molar-refractivity contribution in [3.8, 4) is 0 Å². The largest absolute Gasteiger partial charge is 0.373 e. The molecule has 0 bridgehead atoms. The average molecular weight is 252 g/mol. The molecule has 1 rings (SSSR count). The number of nitrogen functional groups attached to an aromatic ring is 1. The standard InChI is InChI=1S/C13H24N4O/c1-5-6-11(18-4)13-15-10(7-9(2)3)8-12(16-13)17-14/h8-9,11H,5-7,14H2,1-4H3,(H,15,16,17). The van der Waals surface area contributed by atoms with E-state index in [0.29, 0.717) is 17.6 Å². The summed E-state index contributed by atoms with van der Waals surface area (Å²) in [6, 6.07) is 1.89. The van der Waals surface area contributed by atoms with Gasteiger partial charge in [-0.15, -0.1) is 0 Å². The molecule has 5 heteroatoms. The molecule has 1 atom stereocenters. The second kappa shape index (κ2) is 7.28. The monoisotopic (exact) mass is 252 g/mol. The molecule has 1 unspecified atom stereocenters. The molecule has 0 saturated carbocycles. The van der Waals surface area contributed by atoms with Gasteiger partial charge in [0, 0.05) is 18.9 Å². The van der Waals surface area contributed by atoms with Gasteiger partial charge in [-0.25, -0.2) is 15.8 Å². The number of rotatable bonds is 7. The third-order valence-corrected chi connectivity index (χ3v) is 2.69. The minimum Gasteiger partial charge on any atom is -0.373 e. The third-order valence-electron chi connectivity index (χ3n) is 2.69. The second-order valence-corrected chi connectivity index (χ2v) is 4.86. The zero-order valence-corrected chi connectivity index (χ0v) is 11.7. The molecule has 0 amide bonds. The highest BCUT2D eigenvalue weighted by Crippen LogP contribution is 2.21. The molecule has 0 aliphatic carbocycles. The first-order chi connectivity index (χ1) is 8.60. The van der Waals surface area contributed by atoms with Crippen LogP contribution in [-0.4, -0.2) is 17.1 Å². The topological polar surface area (TPSA) is 73.1 Å². The first kappa shape index (κ1) is 14.9. The van der Waals surface area contributed by atoms with Crippen LogP contribution in [0.5, 0.6) is 0 Å². The molecule has 3 N–H and O–H groups in total. The highest BCUT2D eigenvalue weighted by Gasteiger charge is 2.15. The van der Waals surface area contributed by atoms with E-state index in [-0.39, 0.29) is 6.10 Å². The maximum atomic E-state index is 5.45. The van der Waals surface area contributed by atoms with E-state index in [1.807, 2.05) is 6.07 Å². The number of aromatic nitrogens is 2. The fourth-order valence-electron chi connectivity index (χ4n) is 1.87. The van der Waals surface area contributed by atoms with Gasteiger partial charge in [-0.3, -0.25) is 0 Å². The zero-order valence-electron chi connectivity index (χ0n) is 11.7. The number of hydrogen-bond acceptors (Lipinski definition) is 5. The van der Waals surface area contributed by atoms with Crippen molar-refractivity contribution in [3.63, 3.8) is 0 Å². The number of hydrazine groups is 1. The molecule has 0 fully saturated rings. The van der Waals surface area contributed by atoms with Crippen molar-refractivity contribution in [2.75, 3.05) is 12.5 Å². The molecule has 1 aromatic heterocycles. The van der Waals surface area contributed by atoms with E-state index in [2.05, 4.69) is 36.2 Å². The summed E-state index contributed by atoms with van der Waals surface area (Å²) in [5.74, 6) is 7.36. The maximum absolute atomic E-state index is 5.45. The van der Waals surface area contributed by atoms with E-state index in [1.165, 1.54) is 0 Å². The van der Waals surface area contributed by atoms with Gasteiger partial charge in [0.25, 0.3) is 0 Å². The van der Waals surface area contributed by atoms with E-state index in [0.717, 1.165) is 25.0 Å². The van der Waals surface area contributed by atoms with Crippen LogP contribution in [0.25, 0.3) is 0 Å². The Kier molecular flexibility index (Phi) is 6.01. The van der Waals surface area contributed by atoms with Crippen molar-refractivity contribution >= 4 is 5.82 Å². The predicted molar refractivity (Wildman–Crippen MR) is 73.0 cm³/mol. The summed E-state index contributed by atoms with van der Waals surface area (Å²) in [5, 5.41) is 0. The van der Waals surface area contributed by atoms with Crippen LogP contribution in [0.2, 0.25) is 0 Å². The summed E-state index contributed by atoms with van der Waals surface area (Å²) < 4.78 is 5.44.